The molecule has 1 N–H and O–H groups in total. The summed E-state index contributed by atoms with van der Waals surface area (Å²) in [4.78, 5) is 11.0. The van der Waals surface area contributed by atoms with Gasteiger partial charge in [0.15, 0.2) is 5.82 Å². The van der Waals surface area contributed by atoms with Crippen LogP contribution in [0.2, 0.25) is 0 Å². The fourth-order valence-corrected chi connectivity index (χ4v) is 4.57. The van der Waals surface area contributed by atoms with E-state index < -0.39 is 6.61 Å². The second-order valence-corrected chi connectivity index (χ2v) is 7.25. The lowest BCUT2D eigenvalue weighted by atomic mass is 9.97. The Morgan fingerprint density at radius 3 is 2.92 bits per heavy atom. The molecule has 2 aliphatic rings. The van der Waals surface area contributed by atoms with Crippen LogP contribution in [0.3, 0.4) is 0 Å². The third-order valence-corrected chi connectivity index (χ3v) is 5.69. The minimum atomic E-state index is -2.84. The Bertz CT molecular complexity index is 904. The molecule has 2 aromatic rings. The lowest BCUT2D eigenvalue weighted by molar-refractivity contribution is -0.0931. The topological polar surface area (TPSA) is 59.4 Å². The van der Waals surface area contributed by atoms with Crippen LogP contribution in [-0.2, 0) is 17.6 Å². The van der Waals surface area contributed by atoms with Gasteiger partial charge in [-0.1, -0.05) is 6.08 Å². The number of thiophene rings is 1. The molecule has 2 heterocycles. The molecule has 0 fully saturated rings. The van der Waals surface area contributed by atoms with Crippen LogP contribution in [0, 0.1) is 0 Å². The molecule has 0 bridgehead atoms. The van der Waals surface area contributed by atoms with Crippen molar-refractivity contribution in [2.75, 3.05) is 5.43 Å². The van der Waals surface area contributed by atoms with E-state index in [1.165, 1.54) is 35.8 Å². The van der Waals surface area contributed by atoms with Gasteiger partial charge in [0.25, 0.3) is 0 Å². The Morgan fingerprint density at radius 1 is 1.19 bits per heavy atom. The first-order valence-corrected chi connectivity index (χ1v) is 9.44. The third-order valence-electron chi connectivity index (χ3n) is 4.49. The summed E-state index contributed by atoms with van der Waals surface area (Å²) in [5.41, 5.74) is 4.82. The molecule has 0 radical (unpaired) electrons. The number of aryl methyl sites for hydroxylation is 2. The van der Waals surface area contributed by atoms with Crippen LogP contribution < -0.4 is 5.43 Å². The Morgan fingerprint density at radius 2 is 2.04 bits per heavy atom. The number of rotatable bonds is 5. The number of allylic oxidation sites excluding steroid dienone is 3. The molecule has 4 rings (SSSR count). The van der Waals surface area contributed by atoms with Gasteiger partial charge in [-0.15, -0.1) is 11.3 Å². The highest BCUT2D eigenvalue weighted by atomic mass is 32.1. The minimum Gasteiger partial charge on any atom is -0.434 e. The first-order chi connectivity index (χ1) is 12.7. The van der Waals surface area contributed by atoms with Gasteiger partial charge in [0, 0.05) is 10.5 Å². The van der Waals surface area contributed by atoms with E-state index in [0.29, 0.717) is 17.8 Å². The summed E-state index contributed by atoms with van der Waals surface area (Å²) < 4.78 is 29.6. The maximum absolute atomic E-state index is 12.5. The normalized spacial score (nSPS) is 17.3. The quantitative estimate of drug-likeness (QED) is 0.601. The van der Waals surface area contributed by atoms with Crippen molar-refractivity contribution in [2.45, 2.75) is 45.1 Å². The summed E-state index contributed by atoms with van der Waals surface area (Å²) in [6, 6.07) is 0. The number of ether oxygens (including phenoxy) is 1. The smallest absolute Gasteiger partial charge is 0.387 e. The maximum atomic E-state index is 12.5. The SMILES string of the molecule is FC(F)OC1=CCCC=C1/C=N/Nc1ncnc2sc3c(c12)CCCC3. The van der Waals surface area contributed by atoms with Gasteiger partial charge in [0.2, 0.25) is 0 Å². The molecule has 8 heteroatoms. The number of aromatic nitrogens is 2. The van der Waals surface area contributed by atoms with Gasteiger partial charge in [-0.25, -0.2) is 9.97 Å². The molecule has 0 unspecified atom stereocenters. The van der Waals surface area contributed by atoms with E-state index in [1.807, 2.05) is 6.08 Å². The maximum Gasteiger partial charge on any atom is 0.387 e. The van der Waals surface area contributed by atoms with Crippen molar-refractivity contribution in [1.29, 1.82) is 0 Å². The van der Waals surface area contributed by atoms with Gasteiger partial charge in [0.05, 0.1) is 11.6 Å². The van der Waals surface area contributed by atoms with Crippen molar-refractivity contribution in [3.8, 4) is 0 Å². The number of halogens is 2. The number of hydrogen-bond donors (Lipinski definition) is 1. The zero-order chi connectivity index (χ0) is 17.9. The van der Waals surface area contributed by atoms with Crippen molar-refractivity contribution in [3.05, 3.63) is 40.3 Å². The molecule has 2 aromatic heterocycles. The molecule has 26 heavy (non-hydrogen) atoms. The highest BCUT2D eigenvalue weighted by Crippen LogP contribution is 2.38. The van der Waals surface area contributed by atoms with Crippen molar-refractivity contribution in [3.63, 3.8) is 0 Å². The predicted octanol–water partition coefficient (Wildman–Crippen LogP) is 4.81. The first kappa shape index (κ1) is 17.1. The van der Waals surface area contributed by atoms with E-state index in [-0.39, 0.29) is 5.76 Å². The Labute approximate surface area is 153 Å². The molecule has 0 spiro atoms. The van der Waals surface area contributed by atoms with E-state index in [1.54, 1.807) is 17.4 Å². The Hall–Kier alpha value is -2.35. The van der Waals surface area contributed by atoms with Crippen molar-refractivity contribution < 1.29 is 13.5 Å². The third kappa shape index (κ3) is 3.46. The Balaban J connectivity index is 1.56. The molecule has 136 valence electrons. The first-order valence-electron chi connectivity index (χ1n) is 8.62. The van der Waals surface area contributed by atoms with Crippen molar-refractivity contribution >= 4 is 33.6 Å². The molecule has 0 amide bonds. The lowest BCUT2D eigenvalue weighted by Gasteiger charge is -2.13. The van der Waals surface area contributed by atoms with Crippen LogP contribution in [-0.4, -0.2) is 22.8 Å². The highest BCUT2D eigenvalue weighted by Gasteiger charge is 2.19. The van der Waals surface area contributed by atoms with Crippen molar-refractivity contribution in [2.24, 2.45) is 5.10 Å². The molecular formula is C18H18F2N4OS. The highest BCUT2D eigenvalue weighted by molar-refractivity contribution is 7.19. The largest absolute Gasteiger partial charge is 0.434 e. The number of hydrazone groups is 1. The number of nitrogens with zero attached hydrogens (tertiary/aromatic N) is 3. The summed E-state index contributed by atoms with van der Waals surface area (Å²) in [6.45, 7) is -2.84. The van der Waals surface area contributed by atoms with Crippen LogP contribution in [0.5, 0.6) is 0 Å². The summed E-state index contributed by atoms with van der Waals surface area (Å²) >= 11 is 1.72. The second-order valence-electron chi connectivity index (χ2n) is 6.17. The van der Waals surface area contributed by atoms with Crippen LogP contribution in [0.25, 0.3) is 10.2 Å². The fraction of sp³-hybridized carbons (Fsp3) is 0.389. The molecule has 0 atom stereocenters. The number of nitrogens with one attached hydrogen (secondary N) is 1. The number of anilines is 1. The van der Waals surface area contributed by atoms with E-state index in [9.17, 15) is 8.78 Å². The van der Waals surface area contributed by atoms with Crippen LogP contribution in [0.4, 0.5) is 14.6 Å². The molecular weight excluding hydrogens is 358 g/mol. The van der Waals surface area contributed by atoms with Crippen LogP contribution >= 0.6 is 11.3 Å². The van der Waals surface area contributed by atoms with Gasteiger partial charge in [-0.05, 0) is 50.2 Å². The fourth-order valence-electron chi connectivity index (χ4n) is 3.34. The standard InChI is InChI=1S/C18H18F2N4OS/c19-18(20)25-13-7-3-1-5-11(13)9-23-24-16-15-12-6-2-4-8-14(12)26-17(15)22-10-21-16/h5,7,9-10,18H,1-4,6,8H2,(H,21,22,24)/b23-9+. The Kier molecular flexibility index (Phi) is 4.92. The summed E-state index contributed by atoms with van der Waals surface area (Å²) in [6.07, 6.45) is 12.5. The van der Waals surface area contributed by atoms with E-state index >= 15 is 0 Å². The average molecular weight is 376 g/mol. The summed E-state index contributed by atoms with van der Waals surface area (Å²) in [7, 11) is 0. The monoisotopic (exact) mass is 376 g/mol. The second kappa shape index (κ2) is 7.49. The molecule has 2 aliphatic carbocycles. The molecule has 0 aromatic carbocycles. The lowest BCUT2D eigenvalue weighted by Crippen LogP contribution is -2.06. The van der Waals surface area contributed by atoms with E-state index in [2.05, 4.69) is 25.2 Å². The van der Waals surface area contributed by atoms with Gasteiger partial charge >= 0.3 is 6.61 Å². The number of hydrogen-bond acceptors (Lipinski definition) is 6. The number of fused-ring (bicyclic) bond motifs is 3. The van der Waals surface area contributed by atoms with Crippen LogP contribution in [0.1, 0.15) is 36.1 Å². The van der Waals surface area contributed by atoms with Gasteiger partial charge < -0.3 is 4.74 Å². The molecule has 5 nitrogen and oxygen atoms in total. The van der Waals surface area contributed by atoms with E-state index in [0.717, 1.165) is 29.5 Å². The molecule has 0 saturated carbocycles. The van der Waals surface area contributed by atoms with E-state index in [4.69, 9.17) is 0 Å². The van der Waals surface area contributed by atoms with Gasteiger partial charge in [0.1, 0.15) is 16.9 Å². The van der Waals surface area contributed by atoms with Crippen LogP contribution in [0.15, 0.2) is 34.9 Å². The van der Waals surface area contributed by atoms with Crippen molar-refractivity contribution in [1.82, 2.24) is 9.97 Å². The zero-order valence-electron chi connectivity index (χ0n) is 14.0. The molecule has 0 aliphatic heterocycles. The summed E-state index contributed by atoms with van der Waals surface area (Å²) in [5, 5.41) is 5.24. The average Bonchev–Trinajstić information content (AvgIpc) is 3.02. The van der Waals surface area contributed by atoms with Gasteiger partial charge in [-0.2, -0.15) is 13.9 Å². The summed E-state index contributed by atoms with van der Waals surface area (Å²) in [5.74, 6) is 0.819. The predicted molar refractivity (Wildman–Crippen MR) is 98.7 cm³/mol. The minimum absolute atomic E-state index is 0.164. The molecule has 0 saturated heterocycles. The van der Waals surface area contributed by atoms with Gasteiger partial charge in [-0.3, -0.25) is 5.43 Å². The number of alkyl halides is 2. The zero-order valence-corrected chi connectivity index (χ0v) is 14.9.